The monoisotopic (exact) mass is 529 g/mol. The Bertz CT molecular complexity index is 1610. The molecule has 3 aromatic carbocycles. The summed E-state index contributed by atoms with van der Waals surface area (Å²) >= 11 is 12.5. The van der Waals surface area contributed by atoms with Crippen LogP contribution in [0, 0.1) is 0 Å². The number of aromatic nitrogens is 3. The summed E-state index contributed by atoms with van der Waals surface area (Å²) < 4.78 is 7.47. The third kappa shape index (κ3) is 4.62. The molecule has 5 nitrogen and oxygen atoms in total. The number of benzene rings is 3. The highest BCUT2D eigenvalue weighted by molar-refractivity contribution is 6.31. The number of hydrogen-bond acceptors (Lipinski definition) is 4. The second-order valence-corrected chi connectivity index (χ2v) is 9.63. The number of pyridine rings is 1. The van der Waals surface area contributed by atoms with Crippen molar-refractivity contribution in [2.24, 2.45) is 7.05 Å². The summed E-state index contributed by atoms with van der Waals surface area (Å²) in [6, 6.07) is 22.5. The fourth-order valence-corrected chi connectivity index (χ4v) is 4.91. The van der Waals surface area contributed by atoms with Crippen molar-refractivity contribution in [2.75, 3.05) is 6.61 Å². The van der Waals surface area contributed by atoms with Gasteiger partial charge >= 0.3 is 0 Å². The summed E-state index contributed by atoms with van der Waals surface area (Å²) in [4.78, 5) is 9.08. The van der Waals surface area contributed by atoms with Gasteiger partial charge in [0, 0.05) is 22.5 Å². The first-order valence-electron chi connectivity index (χ1n) is 11.8. The molecule has 2 aromatic heterocycles. The quantitative estimate of drug-likeness (QED) is 0.226. The van der Waals surface area contributed by atoms with Crippen LogP contribution in [0.15, 0.2) is 91.9 Å². The maximum absolute atomic E-state index is 12.4. The normalized spacial score (nSPS) is 12.9. The van der Waals surface area contributed by atoms with Crippen molar-refractivity contribution in [2.45, 2.75) is 12.5 Å². The number of fused-ring (bicyclic) bond motifs is 1. The van der Waals surface area contributed by atoms with E-state index in [1.165, 1.54) is 0 Å². The lowest BCUT2D eigenvalue weighted by atomic mass is 9.82. The van der Waals surface area contributed by atoms with E-state index < -0.39 is 5.60 Å². The molecular weight excluding hydrogens is 505 g/mol. The van der Waals surface area contributed by atoms with Crippen LogP contribution in [0.25, 0.3) is 27.8 Å². The number of hydrogen-bond donors (Lipinski definition) is 1. The molecule has 7 heteroatoms. The maximum Gasteiger partial charge on any atom is 0.156 e. The van der Waals surface area contributed by atoms with E-state index in [1.807, 2.05) is 79.2 Å². The average Bonchev–Trinajstić information content (AvgIpc) is 3.34. The summed E-state index contributed by atoms with van der Waals surface area (Å²) in [5.41, 5.74) is 3.63. The van der Waals surface area contributed by atoms with Crippen molar-refractivity contribution in [1.29, 1.82) is 0 Å². The van der Waals surface area contributed by atoms with Crippen LogP contribution in [0.3, 0.4) is 0 Å². The van der Waals surface area contributed by atoms with E-state index in [2.05, 4.69) is 11.6 Å². The molecule has 0 radical (unpaired) electrons. The first-order chi connectivity index (χ1) is 17.8. The Morgan fingerprint density at radius 3 is 2.43 bits per heavy atom. The van der Waals surface area contributed by atoms with Gasteiger partial charge in [-0.2, -0.15) is 0 Å². The predicted octanol–water partition coefficient (Wildman–Crippen LogP) is 7.23. The Morgan fingerprint density at radius 1 is 1.00 bits per heavy atom. The van der Waals surface area contributed by atoms with Crippen LogP contribution in [-0.4, -0.2) is 26.2 Å². The molecule has 1 atom stereocenters. The van der Waals surface area contributed by atoms with Gasteiger partial charge in [-0.15, -0.1) is 0 Å². The number of rotatable bonds is 7. The van der Waals surface area contributed by atoms with Gasteiger partial charge < -0.3 is 14.4 Å². The molecule has 1 N–H and O–H groups in total. The summed E-state index contributed by atoms with van der Waals surface area (Å²) in [6.07, 6.45) is 3.34. The van der Waals surface area contributed by atoms with Crippen molar-refractivity contribution >= 4 is 39.9 Å². The van der Waals surface area contributed by atoms with Gasteiger partial charge in [-0.1, -0.05) is 60.1 Å². The van der Waals surface area contributed by atoms with E-state index in [-0.39, 0.29) is 0 Å². The Labute approximate surface area is 225 Å². The zero-order chi connectivity index (χ0) is 26.2. The molecule has 0 aliphatic rings. The fraction of sp³-hybridized carbons (Fsp3) is 0.133. The van der Waals surface area contributed by atoms with E-state index in [4.69, 9.17) is 32.9 Å². The summed E-state index contributed by atoms with van der Waals surface area (Å²) in [5.74, 6) is 0.490. The van der Waals surface area contributed by atoms with Gasteiger partial charge in [-0.3, -0.25) is 0 Å². The lowest BCUT2D eigenvalue weighted by Crippen LogP contribution is -2.31. The second kappa shape index (κ2) is 10.0. The first-order valence-corrected chi connectivity index (χ1v) is 12.6. The van der Waals surface area contributed by atoms with Crippen molar-refractivity contribution in [1.82, 2.24) is 14.5 Å². The third-order valence-electron chi connectivity index (χ3n) is 6.42. The number of aryl methyl sites for hydroxylation is 1. The van der Waals surface area contributed by atoms with E-state index in [9.17, 15) is 5.11 Å². The molecule has 0 saturated heterocycles. The van der Waals surface area contributed by atoms with Crippen LogP contribution < -0.4 is 0 Å². The lowest BCUT2D eigenvalue weighted by Gasteiger charge is -2.30. The van der Waals surface area contributed by atoms with Crippen LogP contribution in [0.1, 0.15) is 29.4 Å². The standard InChI is InChI=1S/C30H25Cl2N3O2/c1-4-37-19(2)28-16-25(20-6-5-7-24(32)14-20)26-15-22(10-13-27(26)34-28)30(36,29-17-33-18-35(29)3)21-8-11-23(31)12-9-21/h5-18,36H,2,4H2,1,3H3. The average molecular weight is 530 g/mol. The summed E-state index contributed by atoms with van der Waals surface area (Å²) in [5, 5.41) is 14.4. The van der Waals surface area contributed by atoms with Crippen LogP contribution in [0.5, 0.6) is 0 Å². The van der Waals surface area contributed by atoms with E-state index >= 15 is 0 Å². The molecule has 5 rings (SSSR count). The summed E-state index contributed by atoms with van der Waals surface area (Å²) in [6.45, 7) is 6.45. The molecular formula is C30H25Cl2N3O2. The third-order valence-corrected chi connectivity index (χ3v) is 6.90. The molecule has 5 aromatic rings. The zero-order valence-corrected chi connectivity index (χ0v) is 22.0. The number of aliphatic hydroxyl groups is 1. The van der Waals surface area contributed by atoms with Crippen molar-refractivity contribution < 1.29 is 9.84 Å². The molecule has 2 heterocycles. The number of imidazole rings is 1. The van der Waals surface area contributed by atoms with Crippen molar-refractivity contribution in [3.63, 3.8) is 0 Å². The molecule has 1 unspecified atom stereocenters. The molecule has 0 spiro atoms. The van der Waals surface area contributed by atoms with Crippen molar-refractivity contribution in [3.8, 4) is 11.1 Å². The van der Waals surface area contributed by atoms with E-state index in [0.717, 1.165) is 22.0 Å². The molecule has 0 amide bonds. The highest BCUT2D eigenvalue weighted by Crippen LogP contribution is 2.40. The first kappa shape index (κ1) is 25.0. The Hall–Kier alpha value is -3.64. The Balaban J connectivity index is 1.79. The molecule has 0 fully saturated rings. The lowest BCUT2D eigenvalue weighted by molar-refractivity contribution is 0.117. The Kier molecular flexibility index (Phi) is 6.78. The van der Waals surface area contributed by atoms with E-state index in [1.54, 1.807) is 24.7 Å². The maximum atomic E-state index is 12.4. The number of halogens is 2. The van der Waals surface area contributed by atoms with Gasteiger partial charge in [-0.05, 0) is 71.6 Å². The SMILES string of the molecule is C=C(OCC)c1cc(-c2cccc(Cl)c2)c2cc(C(O)(c3ccc(Cl)cc3)c3cncn3C)ccc2n1. The predicted molar refractivity (Wildman–Crippen MR) is 150 cm³/mol. The van der Waals surface area contributed by atoms with Gasteiger partial charge in [0.1, 0.15) is 11.5 Å². The molecule has 0 bridgehead atoms. The van der Waals surface area contributed by atoms with Crippen LogP contribution in [-0.2, 0) is 17.4 Å². The van der Waals surface area contributed by atoms with Crippen molar-refractivity contribution in [3.05, 3.63) is 124 Å². The molecule has 0 aliphatic heterocycles. The highest BCUT2D eigenvalue weighted by atomic mass is 35.5. The minimum Gasteiger partial charge on any atom is -0.492 e. The van der Waals surface area contributed by atoms with Gasteiger partial charge in [0.25, 0.3) is 0 Å². The molecule has 0 aliphatic carbocycles. The minimum absolute atomic E-state index is 0.489. The fourth-order valence-electron chi connectivity index (χ4n) is 4.60. The van der Waals surface area contributed by atoms with Gasteiger partial charge in [0.05, 0.1) is 30.3 Å². The molecule has 37 heavy (non-hydrogen) atoms. The highest BCUT2D eigenvalue weighted by Gasteiger charge is 2.37. The second-order valence-electron chi connectivity index (χ2n) is 8.76. The number of nitrogens with zero attached hydrogens (tertiary/aromatic N) is 3. The minimum atomic E-state index is -1.50. The van der Waals surface area contributed by atoms with Gasteiger partial charge in [0.2, 0.25) is 0 Å². The van der Waals surface area contributed by atoms with Crippen LogP contribution >= 0.6 is 23.2 Å². The van der Waals surface area contributed by atoms with E-state index in [0.29, 0.717) is 44.9 Å². The Morgan fingerprint density at radius 2 is 1.76 bits per heavy atom. The molecule has 0 saturated carbocycles. The largest absolute Gasteiger partial charge is 0.492 e. The topological polar surface area (TPSA) is 60.2 Å². The van der Waals surface area contributed by atoms with Crippen LogP contribution in [0.4, 0.5) is 0 Å². The van der Waals surface area contributed by atoms with Gasteiger partial charge in [-0.25, -0.2) is 9.97 Å². The van der Waals surface area contributed by atoms with Crippen LogP contribution in [0.2, 0.25) is 10.0 Å². The smallest absolute Gasteiger partial charge is 0.156 e. The number of ether oxygens (including phenoxy) is 1. The van der Waals surface area contributed by atoms with Gasteiger partial charge in [0.15, 0.2) is 5.60 Å². The molecule has 186 valence electrons. The zero-order valence-electron chi connectivity index (χ0n) is 20.5. The summed E-state index contributed by atoms with van der Waals surface area (Å²) in [7, 11) is 1.86.